The second-order valence-electron chi connectivity index (χ2n) is 5.39. The van der Waals surface area contributed by atoms with Gasteiger partial charge in [0.2, 0.25) is 12.3 Å². The Morgan fingerprint density at radius 1 is 1.32 bits per heavy atom. The van der Waals surface area contributed by atoms with Crippen LogP contribution in [0.15, 0.2) is 0 Å². The van der Waals surface area contributed by atoms with E-state index in [1.807, 2.05) is 4.90 Å². The van der Waals surface area contributed by atoms with Gasteiger partial charge in [-0.1, -0.05) is 0 Å². The smallest absolute Gasteiger partial charge is 0.241 e. The highest BCUT2D eigenvalue weighted by Gasteiger charge is 2.27. The maximum absolute atomic E-state index is 12.5. The van der Waals surface area contributed by atoms with Gasteiger partial charge >= 0.3 is 0 Å². The lowest BCUT2D eigenvalue weighted by molar-refractivity contribution is -0.123. The second-order valence-corrected chi connectivity index (χ2v) is 5.39. The average molecular weight is 276 g/mol. The Hall–Kier alpha value is -0.750. The number of carbonyl (C=O) groups is 1. The van der Waals surface area contributed by atoms with Crippen LogP contribution in [0.3, 0.4) is 0 Å². The Morgan fingerprint density at radius 2 is 2.05 bits per heavy atom. The zero-order valence-electron chi connectivity index (χ0n) is 11.1. The quantitative estimate of drug-likeness (QED) is 0.822. The Bertz CT molecular complexity index is 288. The van der Waals surface area contributed by atoms with E-state index in [4.69, 9.17) is 4.74 Å². The van der Waals surface area contributed by atoms with E-state index >= 15 is 0 Å². The summed E-state index contributed by atoms with van der Waals surface area (Å²) in [6, 6.07) is 0. The first-order valence-electron chi connectivity index (χ1n) is 7.04. The van der Waals surface area contributed by atoms with Gasteiger partial charge in [0, 0.05) is 19.1 Å². The normalized spacial score (nSPS) is 25.9. The van der Waals surface area contributed by atoms with Crippen molar-refractivity contribution < 1.29 is 18.3 Å². The summed E-state index contributed by atoms with van der Waals surface area (Å²) in [5, 5.41) is 2.85. The van der Waals surface area contributed by atoms with Crippen LogP contribution < -0.4 is 5.32 Å². The number of amides is 1. The molecule has 2 aliphatic heterocycles. The molecule has 2 aliphatic rings. The van der Waals surface area contributed by atoms with Crippen LogP contribution in [0, 0.1) is 5.92 Å². The van der Waals surface area contributed by atoms with Gasteiger partial charge in [-0.2, -0.15) is 0 Å². The van der Waals surface area contributed by atoms with E-state index in [1.54, 1.807) is 0 Å². The number of piperidine rings is 1. The van der Waals surface area contributed by atoms with Crippen LogP contribution in [0.25, 0.3) is 0 Å². The minimum absolute atomic E-state index is 0.0361. The number of nitrogens with one attached hydrogen (secondary N) is 1. The minimum atomic E-state index is -2.23. The van der Waals surface area contributed by atoms with Crippen LogP contribution in [0.2, 0.25) is 0 Å². The lowest BCUT2D eigenvalue weighted by atomic mass is 9.97. The minimum Gasteiger partial charge on any atom is -0.376 e. The molecule has 2 heterocycles. The molecule has 2 saturated heterocycles. The van der Waals surface area contributed by atoms with Gasteiger partial charge < -0.3 is 10.1 Å². The van der Waals surface area contributed by atoms with Crippen LogP contribution >= 0.6 is 0 Å². The van der Waals surface area contributed by atoms with Crippen LogP contribution in [0.4, 0.5) is 8.78 Å². The molecule has 2 fully saturated rings. The first kappa shape index (κ1) is 14.7. The number of likely N-dealkylation sites (tertiary alicyclic amines) is 1. The summed E-state index contributed by atoms with van der Waals surface area (Å²) < 4.78 is 30.4. The van der Waals surface area contributed by atoms with Crippen LogP contribution in [-0.4, -0.2) is 56.1 Å². The average Bonchev–Trinajstić information content (AvgIpc) is 2.90. The molecule has 0 saturated carbocycles. The zero-order valence-corrected chi connectivity index (χ0v) is 11.1. The van der Waals surface area contributed by atoms with Gasteiger partial charge in [-0.3, -0.25) is 9.69 Å². The molecule has 1 unspecified atom stereocenters. The van der Waals surface area contributed by atoms with Crippen molar-refractivity contribution in [3.8, 4) is 0 Å². The molecule has 110 valence electrons. The van der Waals surface area contributed by atoms with Crippen molar-refractivity contribution in [2.24, 2.45) is 5.92 Å². The largest absolute Gasteiger partial charge is 0.376 e. The summed E-state index contributed by atoms with van der Waals surface area (Å²) in [7, 11) is 0. The predicted octanol–water partition coefficient (Wildman–Crippen LogP) is 1.26. The highest BCUT2D eigenvalue weighted by atomic mass is 19.3. The monoisotopic (exact) mass is 276 g/mol. The fraction of sp³-hybridized carbons (Fsp3) is 0.923. The molecule has 1 amide bonds. The number of hydrogen-bond acceptors (Lipinski definition) is 3. The van der Waals surface area contributed by atoms with Crippen molar-refractivity contribution in [2.45, 2.75) is 38.2 Å². The highest BCUT2D eigenvalue weighted by Crippen LogP contribution is 2.23. The molecule has 4 nitrogen and oxygen atoms in total. The summed E-state index contributed by atoms with van der Waals surface area (Å²) in [4.78, 5) is 13.7. The van der Waals surface area contributed by atoms with E-state index in [-0.39, 0.29) is 12.0 Å². The van der Waals surface area contributed by atoms with E-state index in [1.165, 1.54) is 0 Å². The van der Waals surface area contributed by atoms with Crippen molar-refractivity contribution >= 4 is 5.91 Å². The van der Waals surface area contributed by atoms with Gasteiger partial charge in [-0.15, -0.1) is 0 Å². The molecule has 0 aromatic carbocycles. The molecule has 0 radical (unpaired) electrons. The van der Waals surface area contributed by atoms with Gasteiger partial charge in [0.25, 0.3) is 0 Å². The molecule has 0 aliphatic carbocycles. The molecule has 1 atom stereocenters. The summed E-state index contributed by atoms with van der Waals surface area (Å²) in [5.74, 6) is -0.530. The van der Waals surface area contributed by atoms with E-state index < -0.39 is 12.3 Å². The third-order valence-corrected chi connectivity index (χ3v) is 3.91. The van der Waals surface area contributed by atoms with Crippen molar-refractivity contribution in [1.29, 1.82) is 0 Å². The fourth-order valence-electron chi connectivity index (χ4n) is 2.66. The molecule has 19 heavy (non-hydrogen) atoms. The molecule has 6 heteroatoms. The molecule has 0 bridgehead atoms. The fourth-order valence-corrected chi connectivity index (χ4v) is 2.66. The Labute approximate surface area is 112 Å². The topological polar surface area (TPSA) is 41.6 Å². The van der Waals surface area contributed by atoms with Crippen molar-refractivity contribution in [3.05, 3.63) is 0 Å². The van der Waals surface area contributed by atoms with Gasteiger partial charge in [0.15, 0.2) is 0 Å². The van der Waals surface area contributed by atoms with Gasteiger partial charge in [-0.05, 0) is 38.8 Å². The second kappa shape index (κ2) is 7.14. The highest BCUT2D eigenvalue weighted by molar-refractivity contribution is 5.78. The molecular formula is C13H22F2N2O2. The number of rotatable bonds is 5. The van der Waals surface area contributed by atoms with Gasteiger partial charge in [0.1, 0.15) is 0 Å². The Kier molecular flexibility index (Phi) is 5.51. The van der Waals surface area contributed by atoms with E-state index in [2.05, 4.69) is 5.32 Å². The third-order valence-electron chi connectivity index (χ3n) is 3.91. The molecule has 0 aromatic rings. The molecular weight excluding hydrogens is 254 g/mol. The maximum Gasteiger partial charge on any atom is 0.241 e. The van der Waals surface area contributed by atoms with Crippen LogP contribution in [0.5, 0.6) is 0 Å². The molecule has 1 N–H and O–H groups in total. The third kappa shape index (κ3) is 4.69. The van der Waals surface area contributed by atoms with E-state index in [9.17, 15) is 13.6 Å². The van der Waals surface area contributed by atoms with Crippen molar-refractivity contribution in [3.63, 3.8) is 0 Å². The number of carbonyl (C=O) groups excluding carboxylic acids is 1. The number of hydrogen-bond donors (Lipinski definition) is 1. The Morgan fingerprint density at radius 3 is 2.63 bits per heavy atom. The molecule has 0 spiro atoms. The zero-order chi connectivity index (χ0) is 13.7. The summed E-state index contributed by atoms with van der Waals surface area (Å²) in [6.07, 6.45) is 0.943. The number of nitrogens with zero attached hydrogens (tertiary/aromatic N) is 1. The molecule has 2 rings (SSSR count). The first-order chi connectivity index (χ1) is 9.15. The SMILES string of the molecule is O=C(CN1CCC(C(F)F)CC1)NCC1CCCO1. The van der Waals surface area contributed by atoms with E-state index in [0.29, 0.717) is 39.0 Å². The molecule has 0 aromatic heterocycles. The first-order valence-corrected chi connectivity index (χ1v) is 7.04. The van der Waals surface area contributed by atoms with Crippen LogP contribution in [0.1, 0.15) is 25.7 Å². The summed E-state index contributed by atoms with van der Waals surface area (Å²) >= 11 is 0. The van der Waals surface area contributed by atoms with Crippen LogP contribution in [-0.2, 0) is 9.53 Å². The number of ether oxygens (including phenoxy) is 1. The lowest BCUT2D eigenvalue weighted by Gasteiger charge is -2.30. The van der Waals surface area contributed by atoms with E-state index in [0.717, 1.165) is 19.4 Å². The Balaban J connectivity index is 1.60. The van der Waals surface area contributed by atoms with Gasteiger partial charge in [0.05, 0.1) is 12.6 Å². The standard InChI is InChI=1S/C13H22F2N2O2/c14-13(15)10-3-5-17(6-4-10)9-12(18)16-8-11-2-1-7-19-11/h10-11,13H,1-9H2,(H,16,18). The maximum atomic E-state index is 12.5. The number of alkyl halides is 2. The van der Waals surface area contributed by atoms with Crippen molar-refractivity contribution in [2.75, 3.05) is 32.8 Å². The van der Waals surface area contributed by atoms with Crippen molar-refractivity contribution in [1.82, 2.24) is 10.2 Å². The predicted molar refractivity (Wildman–Crippen MR) is 67.2 cm³/mol. The van der Waals surface area contributed by atoms with Gasteiger partial charge in [-0.25, -0.2) is 8.78 Å². The lowest BCUT2D eigenvalue weighted by Crippen LogP contribution is -2.43. The summed E-state index contributed by atoms with van der Waals surface area (Å²) in [6.45, 7) is 2.82. The number of halogens is 2. The summed E-state index contributed by atoms with van der Waals surface area (Å²) in [5.41, 5.74) is 0.